The standard InChI is InChI=1S/C27H30NSi2.C7H12O2.Ir/c1-29(2,3)22-14-10-13-21(17-22)27-19-24(20-11-8-7-9-12-20)25-18-23(30(4,5)6)15-16-26(25)28-27;1-3-6(8)5-7(9)4-2;/h7-12,14-19H,1-6H3;5,8H,3-4H2,1-2H3;/q-1;;/b;6-5-;. The molecular formula is C34H42IrNO2Si2-. The first kappa shape index (κ1) is 33.6. The van der Waals surface area contributed by atoms with Crippen LogP contribution in [0.5, 0.6) is 0 Å². The molecule has 213 valence electrons. The van der Waals surface area contributed by atoms with Crippen LogP contribution in [0.1, 0.15) is 26.7 Å². The van der Waals surface area contributed by atoms with Gasteiger partial charge in [0.2, 0.25) is 0 Å². The van der Waals surface area contributed by atoms with Crippen molar-refractivity contribution in [2.24, 2.45) is 0 Å². The van der Waals surface area contributed by atoms with Crippen LogP contribution in [0.3, 0.4) is 0 Å². The number of carbonyl (C=O) groups is 1. The SMILES string of the molecule is CCC(=O)/C=C(\O)CC.C[Si](C)(C)c1cc[c-]c(-c2cc(-c3ccccc3)c3cc([Si](C)(C)C)ccc3n2)c1.[Ir]. The zero-order chi connectivity index (χ0) is 28.8. The van der Waals surface area contributed by atoms with Gasteiger partial charge in [-0.3, -0.25) is 9.78 Å². The maximum absolute atomic E-state index is 10.5. The zero-order valence-electron chi connectivity index (χ0n) is 25.1. The summed E-state index contributed by atoms with van der Waals surface area (Å²) >= 11 is 0. The van der Waals surface area contributed by atoms with Gasteiger partial charge in [0.25, 0.3) is 0 Å². The van der Waals surface area contributed by atoms with Gasteiger partial charge in [0.15, 0.2) is 5.78 Å². The molecule has 0 aliphatic rings. The minimum atomic E-state index is -1.41. The van der Waals surface area contributed by atoms with Crippen LogP contribution in [0, 0.1) is 6.07 Å². The number of aliphatic hydroxyl groups excluding tert-OH is 1. The van der Waals surface area contributed by atoms with Crippen molar-refractivity contribution in [2.75, 3.05) is 0 Å². The van der Waals surface area contributed by atoms with Crippen molar-refractivity contribution in [1.29, 1.82) is 0 Å². The second-order valence-corrected chi connectivity index (χ2v) is 22.1. The summed E-state index contributed by atoms with van der Waals surface area (Å²) < 4.78 is 0. The maximum atomic E-state index is 10.5. The molecule has 4 rings (SSSR count). The van der Waals surface area contributed by atoms with Gasteiger partial charge in [-0.15, -0.1) is 35.0 Å². The number of hydrogen-bond acceptors (Lipinski definition) is 3. The van der Waals surface area contributed by atoms with Crippen LogP contribution in [0.4, 0.5) is 0 Å². The molecular weight excluding hydrogens is 703 g/mol. The molecule has 3 aromatic carbocycles. The Morgan fingerprint density at radius 1 is 0.850 bits per heavy atom. The first-order chi connectivity index (χ1) is 18.3. The van der Waals surface area contributed by atoms with E-state index in [4.69, 9.17) is 10.1 Å². The number of benzene rings is 3. The first-order valence-corrected chi connectivity index (χ1v) is 20.8. The Balaban J connectivity index is 0.000000486. The van der Waals surface area contributed by atoms with Crippen LogP contribution in [0.15, 0.2) is 84.6 Å². The van der Waals surface area contributed by atoms with Crippen molar-refractivity contribution in [1.82, 2.24) is 4.98 Å². The second-order valence-electron chi connectivity index (χ2n) is 12.0. The summed E-state index contributed by atoms with van der Waals surface area (Å²) in [4.78, 5) is 15.6. The third kappa shape index (κ3) is 8.93. The summed E-state index contributed by atoms with van der Waals surface area (Å²) in [6, 6.07) is 29.8. The van der Waals surface area contributed by atoms with E-state index in [2.05, 4.69) is 118 Å². The summed E-state index contributed by atoms with van der Waals surface area (Å²) in [5.41, 5.74) is 5.63. The van der Waals surface area contributed by atoms with E-state index in [1.807, 2.05) is 0 Å². The van der Waals surface area contributed by atoms with Gasteiger partial charge in [0.1, 0.15) is 0 Å². The minimum absolute atomic E-state index is 0. The van der Waals surface area contributed by atoms with E-state index in [1.165, 1.54) is 33.0 Å². The van der Waals surface area contributed by atoms with Crippen LogP contribution < -0.4 is 10.4 Å². The summed E-state index contributed by atoms with van der Waals surface area (Å²) in [5.74, 6) is 0.149. The van der Waals surface area contributed by atoms with Gasteiger partial charge in [-0.05, 0) is 22.9 Å². The number of hydrogen-bond donors (Lipinski definition) is 1. The number of fused-ring (bicyclic) bond motifs is 1. The van der Waals surface area contributed by atoms with Gasteiger partial charge in [0.05, 0.1) is 27.4 Å². The number of ketones is 1. The Labute approximate surface area is 256 Å². The molecule has 1 radical (unpaired) electrons. The Hall–Kier alpha value is -2.64. The van der Waals surface area contributed by atoms with E-state index in [1.54, 1.807) is 13.8 Å². The van der Waals surface area contributed by atoms with Crippen LogP contribution in [-0.2, 0) is 24.9 Å². The van der Waals surface area contributed by atoms with Crippen LogP contribution in [0.25, 0.3) is 33.3 Å². The molecule has 1 aromatic heterocycles. The van der Waals surface area contributed by atoms with Crippen molar-refractivity contribution in [2.45, 2.75) is 66.0 Å². The van der Waals surface area contributed by atoms with Crippen LogP contribution in [0.2, 0.25) is 39.3 Å². The monoisotopic (exact) mass is 745 g/mol. The summed E-state index contributed by atoms with van der Waals surface area (Å²) in [5, 5.41) is 12.9. The average Bonchev–Trinajstić information content (AvgIpc) is 2.92. The fourth-order valence-electron chi connectivity index (χ4n) is 4.16. The molecule has 0 spiro atoms. The van der Waals surface area contributed by atoms with Gasteiger partial charge in [0, 0.05) is 44.4 Å². The Kier molecular flexibility index (Phi) is 12.0. The average molecular weight is 745 g/mol. The van der Waals surface area contributed by atoms with E-state index >= 15 is 0 Å². The van der Waals surface area contributed by atoms with Gasteiger partial charge >= 0.3 is 0 Å². The number of aliphatic hydroxyl groups is 1. The van der Waals surface area contributed by atoms with Crippen molar-refractivity contribution in [3.8, 4) is 22.4 Å². The molecule has 0 saturated heterocycles. The second kappa shape index (κ2) is 14.3. The molecule has 0 fully saturated rings. The Bertz CT molecular complexity index is 1470. The molecule has 4 aromatic rings. The molecule has 0 unspecified atom stereocenters. The van der Waals surface area contributed by atoms with E-state index in [9.17, 15) is 4.79 Å². The summed E-state index contributed by atoms with van der Waals surface area (Å²) in [7, 11) is -2.81. The number of rotatable bonds is 7. The quantitative estimate of drug-likeness (QED) is 0.0898. The van der Waals surface area contributed by atoms with Crippen LogP contribution in [-0.4, -0.2) is 32.0 Å². The predicted octanol–water partition coefficient (Wildman–Crippen LogP) is 8.27. The number of carbonyl (C=O) groups excluding carboxylic acids is 1. The van der Waals surface area contributed by atoms with Crippen molar-refractivity contribution in [3.63, 3.8) is 0 Å². The molecule has 1 N–H and O–H groups in total. The number of allylic oxidation sites excluding steroid dienone is 2. The maximum Gasteiger partial charge on any atom is 0.158 e. The molecule has 3 nitrogen and oxygen atoms in total. The molecule has 0 atom stereocenters. The van der Waals surface area contributed by atoms with Crippen molar-refractivity contribution >= 4 is 43.2 Å². The smallest absolute Gasteiger partial charge is 0.158 e. The molecule has 0 amide bonds. The molecule has 0 bridgehead atoms. The number of aromatic nitrogens is 1. The van der Waals surface area contributed by atoms with E-state index < -0.39 is 16.1 Å². The summed E-state index contributed by atoms with van der Waals surface area (Å²) in [6.07, 6.45) is 2.27. The predicted molar refractivity (Wildman–Crippen MR) is 174 cm³/mol. The minimum Gasteiger partial charge on any atom is -0.512 e. The molecule has 0 aliphatic heterocycles. The van der Waals surface area contributed by atoms with Gasteiger partial charge in [-0.25, -0.2) is 0 Å². The zero-order valence-corrected chi connectivity index (χ0v) is 29.5. The van der Waals surface area contributed by atoms with E-state index in [0.29, 0.717) is 12.8 Å². The molecule has 6 heteroatoms. The van der Waals surface area contributed by atoms with Crippen LogP contribution >= 0.6 is 0 Å². The summed E-state index contributed by atoms with van der Waals surface area (Å²) in [6.45, 7) is 17.9. The van der Waals surface area contributed by atoms with Crippen molar-refractivity contribution < 1.29 is 30.0 Å². The fraction of sp³-hybridized carbons (Fsp3) is 0.294. The molecule has 0 saturated carbocycles. The van der Waals surface area contributed by atoms with Gasteiger partial charge in [-0.1, -0.05) is 107 Å². The Morgan fingerprint density at radius 3 is 2.05 bits per heavy atom. The molecule has 1 heterocycles. The largest absolute Gasteiger partial charge is 0.512 e. The fourth-order valence-corrected chi connectivity index (χ4v) is 6.48. The third-order valence-electron chi connectivity index (χ3n) is 6.74. The molecule has 40 heavy (non-hydrogen) atoms. The molecule has 0 aliphatic carbocycles. The van der Waals surface area contributed by atoms with E-state index in [0.717, 1.165) is 16.8 Å². The first-order valence-electron chi connectivity index (χ1n) is 13.8. The normalized spacial score (nSPS) is 11.8. The Morgan fingerprint density at radius 2 is 1.48 bits per heavy atom. The topological polar surface area (TPSA) is 50.2 Å². The van der Waals surface area contributed by atoms with Crippen molar-refractivity contribution in [3.05, 3.63) is 90.7 Å². The third-order valence-corrected chi connectivity index (χ3v) is 10.8. The van der Waals surface area contributed by atoms with Gasteiger partial charge in [-0.2, -0.15) is 0 Å². The number of pyridine rings is 1. The number of nitrogens with zero attached hydrogens (tertiary/aromatic N) is 1. The van der Waals surface area contributed by atoms with E-state index in [-0.39, 0.29) is 31.6 Å². The van der Waals surface area contributed by atoms with Gasteiger partial charge < -0.3 is 5.11 Å².